The quantitative estimate of drug-likeness (QED) is 0.0843. The van der Waals surface area contributed by atoms with Crippen molar-refractivity contribution in [3.05, 3.63) is 124 Å². The van der Waals surface area contributed by atoms with Gasteiger partial charge in [0.1, 0.15) is 0 Å². The van der Waals surface area contributed by atoms with E-state index in [9.17, 15) is 35.9 Å². The van der Waals surface area contributed by atoms with E-state index in [1.165, 1.54) is 12.1 Å². The molecule has 5 aromatic rings. The SMILES string of the molecule is O=C1CP2(OB(Oc3cc(C(F)(F)F)cc(C(F)(F)F)c3)OP34(c5ccccc5)CC(=O)c5cc6c7c(c5OC(C3)O4)CC(O6)O7)(c3ccccc3)CC(Oc3c1cc1c4c3CC(O1)O4)O2. The molecule has 15 rings (SSSR count). The van der Waals surface area contributed by atoms with Gasteiger partial charge in [-0.1, -0.05) is 0 Å². The molecule has 13 nitrogen and oxygen atoms in total. The minimum absolute atomic E-state index is 0.0439. The Morgan fingerprint density at radius 3 is 1.33 bits per heavy atom. The number of hydrogen-bond acceptors (Lipinski definition) is 13. The van der Waals surface area contributed by atoms with Crippen LogP contribution in [-0.2, 0) is 43.1 Å². The van der Waals surface area contributed by atoms with Crippen LogP contribution in [0.4, 0.5) is 26.3 Å². The first kappa shape index (κ1) is 40.6. The summed E-state index contributed by atoms with van der Waals surface area (Å²) < 4.78 is 156. The summed E-state index contributed by atoms with van der Waals surface area (Å²) in [4.78, 5) is 29.7. The average molecular weight is 954 g/mol. The van der Waals surface area contributed by atoms with E-state index in [1.807, 2.05) is 0 Å². The fourth-order valence-corrected chi connectivity index (χ4v) is 19.2. The molecule has 0 N–H and O–H groups in total. The number of ether oxygens (including phenoxy) is 6. The Bertz CT molecular complexity index is 2790. The summed E-state index contributed by atoms with van der Waals surface area (Å²) in [6, 6.07) is 20.2. The predicted octanol–water partition coefficient (Wildman–Crippen LogP) is 8.11. The van der Waals surface area contributed by atoms with E-state index in [0.29, 0.717) is 69.7 Å². The summed E-state index contributed by atoms with van der Waals surface area (Å²) in [5.74, 6) is -0.0223. The molecular weight excluding hydrogens is 923 g/mol. The molecule has 0 spiro atoms. The van der Waals surface area contributed by atoms with Gasteiger partial charge < -0.3 is 0 Å². The third-order valence-electron chi connectivity index (χ3n) is 13.2. The van der Waals surface area contributed by atoms with Crippen LogP contribution in [0.2, 0.25) is 0 Å². The van der Waals surface area contributed by atoms with Crippen molar-refractivity contribution in [1.29, 1.82) is 0 Å². The summed E-state index contributed by atoms with van der Waals surface area (Å²) in [5.41, 5.74) is -1.88. The zero-order valence-electron chi connectivity index (χ0n) is 33.8. The third kappa shape index (κ3) is 5.78. The van der Waals surface area contributed by atoms with Gasteiger partial charge in [0.15, 0.2) is 0 Å². The van der Waals surface area contributed by atoms with Crippen LogP contribution >= 0.6 is 14.1 Å². The van der Waals surface area contributed by atoms with Gasteiger partial charge in [-0.25, -0.2) is 0 Å². The molecule has 4 unspecified atom stereocenters. The maximum absolute atomic E-state index is 14.9. The van der Waals surface area contributed by atoms with Gasteiger partial charge in [0.05, 0.1) is 0 Å². The fraction of sp³-hybridized carbons (Fsp3) is 0.273. The maximum atomic E-state index is 14.9. The molecule has 22 heteroatoms. The molecule has 66 heavy (non-hydrogen) atoms. The molecule has 340 valence electrons. The summed E-state index contributed by atoms with van der Waals surface area (Å²) in [7, 11) is -12.1. The molecule has 10 aliphatic heterocycles. The van der Waals surface area contributed by atoms with Crippen molar-refractivity contribution in [1.82, 2.24) is 0 Å². The van der Waals surface area contributed by atoms with E-state index in [1.54, 1.807) is 60.7 Å². The monoisotopic (exact) mass is 954 g/mol. The standard InChI is InChI=1S/C44H31BF6O13P2/c46-43(47,48)22-11-23(44(49,50)51)13-24(12-22)60-45(63-65(25-7-3-1-4-8-25)18-31(52)27-14-33-41-29(16-35(54-33)56-41)39(27)58-37(20-65)61-65)64-66(26-9-5-2-6-10-26)19-32(53)28-15-34-42-30(17-36(55-34)57-42)40(28)59-38(21-66)62-66/h1-15,35-38H,16-21H2. The summed E-state index contributed by atoms with van der Waals surface area (Å²) in [5, 5.41) is 0.652. The van der Waals surface area contributed by atoms with E-state index < -0.39 is 99.7 Å². The van der Waals surface area contributed by atoms with Gasteiger partial charge in [-0.3, -0.25) is 0 Å². The summed E-state index contributed by atoms with van der Waals surface area (Å²) in [6.07, 6.45) is -14.6. The Kier molecular flexibility index (Phi) is 8.06. The molecule has 10 heterocycles. The van der Waals surface area contributed by atoms with E-state index in [4.69, 9.17) is 51.0 Å². The van der Waals surface area contributed by atoms with Crippen molar-refractivity contribution in [3.63, 3.8) is 0 Å². The molecule has 0 aliphatic carbocycles. The molecule has 0 saturated carbocycles. The number of carbonyl (C=O) groups excluding carboxylic acids is 2. The van der Waals surface area contributed by atoms with Gasteiger partial charge in [-0.05, 0) is 0 Å². The third-order valence-corrected chi connectivity index (χ3v) is 22.9. The number of rotatable bonds is 8. The Morgan fingerprint density at radius 1 is 0.530 bits per heavy atom. The Morgan fingerprint density at radius 2 is 0.939 bits per heavy atom. The van der Waals surface area contributed by atoms with Crippen LogP contribution in [0.3, 0.4) is 0 Å². The predicted molar refractivity (Wildman–Crippen MR) is 221 cm³/mol. The fourth-order valence-electron chi connectivity index (χ4n) is 10.3. The second-order valence-corrected chi connectivity index (χ2v) is 25.8. The van der Waals surface area contributed by atoms with E-state index >= 15 is 0 Å². The normalized spacial score (nSPS) is 26.5. The van der Waals surface area contributed by atoms with Crippen molar-refractivity contribution in [2.24, 2.45) is 0 Å². The van der Waals surface area contributed by atoms with E-state index in [-0.39, 0.29) is 41.0 Å². The van der Waals surface area contributed by atoms with Crippen LogP contribution in [0.25, 0.3) is 0 Å². The number of carbonyl (C=O) groups is 2. The Balaban J connectivity index is 0.975. The molecule has 0 aromatic heterocycles. The van der Waals surface area contributed by atoms with E-state index in [2.05, 4.69) is 0 Å². The van der Waals surface area contributed by atoms with Gasteiger partial charge in [0.25, 0.3) is 0 Å². The number of fused-ring (bicyclic) bond motifs is 4. The van der Waals surface area contributed by atoms with Crippen molar-refractivity contribution in [2.45, 2.75) is 50.4 Å². The van der Waals surface area contributed by atoms with Crippen LogP contribution in [0.5, 0.6) is 40.2 Å². The molecule has 8 bridgehead atoms. The second kappa shape index (κ2) is 13.1. The first-order chi connectivity index (χ1) is 31.4. The van der Waals surface area contributed by atoms with Gasteiger partial charge in [0, 0.05) is 0 Å². The van der Waals surface area contributed by atoms with Gasteiger partial charge in [-0.2, -0.15) is 0 Å². The molecule has 0 amide bonds. The van der Waals surface area contributed by atoms with Crippen LogP contribution in [-0.4, -0.2) is 68.7 Å². The number of hydrogen-bond donors (Lipinski definition) is 0. The number of Topliss-reactive ketones (excluding diaryl/α,β-unsaturated/α-hetero) is 2. The first-order valence-corrected chi connectivity index (χ1v) is 25.6. The summed E-state index contributed by atoms with van der Waals surface area (Å²) >= 11 is 0. The Hall–Kier alpha value is -5.62. The second-order valence-electron chi connectivity index (χ2n) is 17.3. The van der Waals surface area contributed by atoms with Gasteiger partial charge >= 0.3 is 370 Å². The van der Waals surface area contributed by atoms with Crippen LogP contribution in [0.1, 0.15) is 43.0 Å². The number of alkyl halides is 6. The molecule has 5 aromatic carbocycles. The summed E-state index contributed by atoms with van der Waals surface area (Å²) in [6.45, 7) is 0. The minimum atomic E-state index is -5.26. The van der Waals surface area contributed by atoms with Crippen LogP contribution in [0, 0.1) is 0 Å². The zero-order valence-corrected chi connectivity index (χ0v) is 35.5. The topological polar surface area (TPSA) is 136 Å². The van der Waals surface area contributed by atoms with Crippen molar-refractivity contribution in [2.75, 3.05) is 24.6 Å². The zero-order chi connectivity index (χ0) is 45.2. The first-order valence-electron chi connectivity index (χ1n) is 20.8. The molecule has 4 atom stereocenters. The number of ketones is 2. The molecule has 0 radical (unpaired) electrons. The average Bonchev–Trinajstić information content (AvgIpc) is 4.06. The molecule has 10 aliphatic rings. The number of halogens is 6. The van der Waals surface area contributed by atoms with Crippen molar-refractivity contribution in [3.8, 4) is 40.2 Å². The van der Waals surface area contributed by atoms with Crippen LogP contribution < -0.4 is 43.7 Å². The van der Waals surface area contributed by atoms with Crippen molar-refractivity contribution < 1.29 is 86.9 Å². The molecule has 2 saturated heterocycles. The van der Waals surface area contributed by atoms with E-state index in [0.717, 1.165) is 0 Å². The molecule has 2 fully saturated rings. The number of benzene rings is 5. The van der Waals surface area contributed by atoms with Crippen LogP contribution in [0.15, 0.2) is 91.0 Å². The molecular formula is C44H31BF6O13P2. The Labute approximate surface area is 369 Å². The van der Waals surface area contributed by atoms with Gasteiger partial charge in [0.2, 0.25) is 0 Å². The van der Waals surface area contributed by atoms with Crippen molar-refractivity contribution >= 4 is 43.6 Å². The van der Waals surface area contributed by atoms with Gasteiger partial charge in [-0.15, -0.1) is 0 Å².